The lowest BCUT2D eigenvalue weighted by atomic mass is 9.85. The van der Waals surface area contributed by atoms with Gasteiger partial charge in [0.2, 0.25) is 0 Å². The van der Waals surface area contributed by atoms with Gasteiger partial charge in [-0.1, -0.05) is 13.3 Å². The minimum absolute atomic E-state index is 0.874. The van der Waals surface area contributed by atoms with Crippen molar-refractivity contribution in [2.45, 2.75) is 26.2 Å². The topological polar surface area (TPSA) is 15.3 Å². The van der Waals surface area contributed by atoms with Crippen molar-refractivity contribution >= 4 is 0 Å². The van der Waals surface area contributed by atoms with E-state index < -0.39 is 0 Å². The van der Waals surface area contributed by atoms with Crippen LogP contribution >= 0.6 is 0 Å². The third kappa shape index (κ3) is 2.48. The van der Waals surface area contributed by atoms with Crippen molar-refractivity contribution in [3.8, 4) is 0 Å². The van der Waals surface area contributed by atoms with Crippen LogP contribution in [0, 0.1) is 17.8 Å². The van der Waals surface area contributed by atoms with E-state index in [1.165, 1.54) is 45.4 Å². The molecule has 2 nitrogen and oxygen atoms in total. The molecule has 1 aliphatic heterocycles. The standard InChI is InChI=1S/C12H24N2/c1-10-6-13-7-12(10)9-14(2)8-11-4-3-5-11/h10-13H,3-9H2,1-2H3. The van der Waals surface area contributed by atoms with Crippen LogP contribution in [0.4, 0.5) is 0 Å². The summed E-state index contributed by atoms with van der Waals surface area (Å²) in [6.07, 6.45) is 4.42. The highest BCUT2D eigenvalue weighted by Gasteiger charge is 2.25. The minimum atomic E-state index is 0.874. The van der Waals surface area contributed by atoms with Crippen LogP contribution in [-0.2, 0) is 0 Å². The molecule has 1 saturated heterocycles. The molecular weight excluding hydrogens is 172 g/mol. The van der Waals surface area contributed by atoms with Crippen molar-refractivity contribution < 1.29 is 0 Å². The molecule has 2 aliphatic rings. The second-order valence-electron chi connectivity index (χ2n) is 5.41. The first kappa shape index (κ1) is 10.4. The Morgan fingerprint density at radius 2 is 2.00 bits per heavy atom. The third-order valence-electron chi connectivity index (χ3n) is 4.02. The fourth-order valence-electron chi connectivity index (χ4n) is 2.70. The van der Waals surface area contributed by atoms with E-state index in [1.54, 1.807) is 0 Å². The lowest BCUT2D eigenvalue weighted by Gasteiger charge is -2.31. The SMILES string of the molecule is CC1CNCC1CN(C)CC1CCC1. The van der Waals surface area contributed by atoms with Gasteiger partial charge in [0.1, 0.15) is 0 Å². The summed E-state index contributed by atoms with van der Waals surface area (Å²) >= 11 is 0. The largest absolute Gasteiger partial charge is 0.316 e. The van der Waals surface area contributed by atoms with Crippen LogP contribution in [0.2, 0.25) is 0 Å². The molecule has 1 aliphatic carbocycles. The molecule has 2 heteroatoms. The molecule has 0 radical (unpaired) electrons. The molecule has 82 valence electrons. The first-order valence-corrected chi connectivity index (χ1v) is 6.15. The number of hydrogen-bond acceptors (Lipinski definition) is 2. The summed E-state index contributed by atoms with van der Waals surface area (Å²) < 4.78 is 0. The Labute approximate surface area is 88.1 Å². The maximum Gasteiger partial charge on any atom is 0.00219 e. The monoisotopic (exact) mass is 196 g/mol. The Morgan fingerprint density at radius 3 is 2.50 bits per heavy atom. The molecule has 0 aromatic rings. The van der Waals surface area contributed by atoms with Crippen molar-refractivity contribution in [3.63, 3.8) is 0 Å². The summed E-state index contributed by atoms with van der Waals surface area (Å²) in [4.78, 5) is 2.55. The number of nitrogens with zero attached hydrogens (tertiary/aromatic N) is 1. The van der Waals surface area contributed by atoms with Crippen molar-refractivity contribution in [3.05, 3.63) is 0 Å². The van der Waals surface area contributed by atoms with Gasteiger partial charge in [0.25, 0.3) is 0 Å². The van der Waals surface area contributed by atoms with E-state index in [0.29, 0.717) is 0 Å². The Balaban J connectivity index is 1.67. The fraction of sp³-hybridized carbons (Fsp3) is 1.00. The number of nitrogens with one attached hydrogen (secondary N) is 1. The summed E-state index contributed by atoms with van der Waals surface area (Å²) in [6.45, 7) is 7.47. The molecule has 1 heterocycles. The second kappa shape index (κ2) is 4.63. The van der Waals surface area contributed by atoms with E-state index in [9.17, 15) is 0 Å². The zero-order chi connectivity index (χ0) is 9.97. The number of hydrogen-bond donors (Lipinski definition) is 1. The summed E-state index contributed by atoms with van der Waals surface area (Å²) in [5, 5.41) is 3.48. The molecule has 0 amide bonds. The molecule has 0 aromatic heterocycles. The Hall–Kier alpha value is -0.0800. The average Bonchev–Trinajstić information content (AvgIpc) is 2.45. The van der Waals surface area contributed by atoms with Crippen LogP contribution in [0.3, 0.4) is 0 Å². The van der Waals surface area contributed by atoms with Crippen LogP contribution in [-0.4, -0.2) is 38.1 Å². The van der Waals surface area contributed by atoms with Crippen molar-refractivity contribution in [2.75, 3.05) is 33.2 Å². The second-order valence-corrected chi connectivity index (χ2v) is 5.41. The Kier molecular flexibility index (Phi) is 3.45. The first-order valence-electron chi connectivity index (χ1n) is 6.15. The molecule has 2 atom stereocenters. The molecule has 2 unspecified atom stereocenters. The van der Waals surface area contributed by atoms with Gasteiger partial charge >= 0.3 is 0 Å². The maximum atomic E-state index is 3.48. The summed E-state index contributed by atoms with van der Waals surface area (Å²) in [5.74, 6) is 2.78. The van der Waals surface area contributed by atoms with Gasteiger partial charge in [0, 0.05) is 13.1 Å². The molecule has 1 saturated carbocycles. The first-order chi connectivity index (χ1) is 6.75. The van der Waals surface area contributed by atoms with Crippen molar-refractivity contribution in [1.82, 2.24) is 10.2 Å². The molecule has 14 heavy (non-hydrogen) atoms. The highest BCUT2D eigenvalue weighted by molar-refractivity contribution is 4.81. The summed E-state index contributed by atoms with van der Waals surface area (Å²) in [7, 11) is 2.30. The molecule has 1 N–H and O–H groups in total. The molecule has 0 bridgehead atoms. The third-order valence-corrected chi connectivity index (χ3v) is 4.02. The normalized spacial score (nSPS) is 33.6. The lowest BCUT2D eigenvalue weighted by Crippen LogP contribution is -2.34. The van der Waals surface area contributed by atoms with E-state index in [4.69, 9.17) is 0 Å². The predicted octanol–water partition coefficient (Wildman–Crippen LogP) is 1.57. The number of rotatable bonds is 4. The molecular formula is C12H24N2. The fourth-order valence-corrected chi connectivity index (χ4v) is 2.70. The van der Waals surface area contributed by atoms with E-state index in [-0.39, 0.29) is 0 Å². The highest BCUT2D eigenvalue weighted by atomic mass is 15.1. The smallest absolute Gasteiger partial charge is 0.00219 e. The predicted molar refractivity (Wildman–Crippen MR) is 60.4 cm³/mol. The van der Waals surface area contributed by atoms with Gasteiger partial charge in [-0.25, -0.2) is 0 Å². The van der Waals surface area contributed by atoms with Gasteiger partial charge < -0.3 is 10.2 Å². The van der Waals surface area contributed by atoms with Gasteiger partial charge in [-0.3, -0.25) is 0 Å². The highest BCUT2D eigenvalue weighted by Crippen LogP contribution is 2.27. The van der Waals surface area contributed by atoms with Crippen LogP contribution in [0.25, 0.3) is 0 Å². The van der Waals surface area contributed by atoms with Gasteiger partial charge in [0.05, 0.1) is 0 Å². The lowest BCUT2D eigenvalue weighted by molar-refractivity contribution is 0.179. The van der Waals surface area contributed by atoms with Crippen molar-refractivity contribution in [2.24, 2.45) is 17.8 Å². The van der Waals surface area contributed by atoms with Crippen molar-refractivity contribution in [1.29, 1.82) is 0 Å². The molecule has 2 fully saturated rings. The molecule has 0 spiro atoms. The maximum absolute atomic E-state index is 3.48. The van der Waals surface area contributed by atoms with Crippen LogP contribution in [0.15, 0.2) is 0 Å². The summed E-state index contributed by atoms with van der Waals surface area (Å²) in [5.41, 5.74) is 0. The minimum Gasteiger partial charge on any atom is -0.316 e. The van der Waals surface area contributed by atoms with E-state index in [2.05, 4.69) is 24.2 Å². The van der Waals surface area contributed by atoms with E-state index in [1.807, 2.05) is 0 Å². The summed E-state index contributed by atoms with van der Waals surface area (Å²) in [6, 6.07) is 0. The van der Waals surface area contributed by atoms with Crippen LogP contribution in [0.1, 0.15) is 26.2 Å². The van der Waals surface area contributed by atoms with Gasteiger partial charge in [-0.05, 0) is 50.7 Å². The molecule has 2 rings (SSSR count). The zero-order valence-electron chi connectivity index (χ0n) is 9.63. The quantitative estimate of drug-likeness (QED) is 0.734. The van der Waals surface area contributed by atoms with E-state index >= 15 is 0 Å². The van der Waals surface area contributed by atoms with Gasteiger partial charge in [0.15, 0.2) is 0 Å². The zero-order valence-corrected chi connectivity index (χ0v) is 9.63. The Morgan fingerprint density at radius 1 is 1.21 bits per heavy atom. The van der Waals surface area contributed by atoms with Gasteiger partial charge in [-0.15, -0.1) is 0 Å². The average molecular weight is 196 g/mol. The van der Waals surface area contributed by atoms with Crippen LogP contribution < -0.4 is 5.32 Å². The van der Waals surface area contributed by atoms with E-state index in [0.717, 1.165) is 17.8 Å². The Bertz CT molecular complexity index is 177. The van der Waals surface area contributed by atoms with Gasteiger partial charge in [-0.2, -0.15) is 0 Å². The van der Waals surface area contributed by atoms with Crippen LogP contribution in [0.5, 0.6) is 0 Å². The molecule has 0 aromatic carbocycles.